The lowest BCUT2D eigenvalue weighted by atomic mass is 10.0. The maximum atomic E-state index is 11.1. The molecular formula is C15H28N2O3. The molecule has 2 unspecified atom stereocenters. The van der Waals surface area contributed by atoms with E-state index in [4.69, 9.17) is 9.47 Å². The van der Waals surface area contributed by atoms with Gasteiger partial charge in [0, 0.05) is 32.0 Å². The van der Waals surface area contributed by atoms with Crippen molar-refractivity contribution in [3.63, 3.8) is 0 Å². The van der Waals surface area contributed by atoms with E-state index in [1.807, 2.05) is 0 Å². The summed E-state index contributed by atoms with van der Waals surface area (Å²) in [5.41, 5.74) is 0. The first-order valence-corrected chi connectivity index (χ1v) is 7.78. The molecule has 2 aliphatic heterocycles. The van der Waals surface area contributed by atoms with Crippen molar-refractivity contribution in [2.45, 2.75) is 51.9 Å². The molecule has 2 aliphatic rings. The standard InChI is InChI=1S/C15H28N2O3/c1-11(2)19-9-13-7-17(8-13)6-12(3)20-10-14-4-5-15(18)16-14/h11-14H,4-10H2,1-3H3,(H,16,18). The van der Waals surface area contributed by atoms with Crippen molar-refractivity contribution < 1.29 is 14.3 Å². The molecule has 2 saturated heterocycles. The molecule has 0 aromatic heterocycles. The fourth-order valence-electron chi connectivity index (χ4n) is 2.76. The van der Waals surface area contributed by atoms with Crippen molar-refractivity contribution in [1.29, 1.82) is 0 Å². The molecular weight excluding hydrogens is 256 g/mol. The monoisotopic (exact) mass is 284 g/mol. The van der Waals surface area contributed by atoms with Crippen molar-refractivity contribution in [2.75, 3.05) is 32.8 Å². The highest BCUT2D eigenvalue weighted by atomic mass is 16.5. The third kappa shape index (κ3) is 5.04. The van der Waals surface area contributed by atoms with Crippen LogP contribution in [0.3, 0.4) is 0 Å². The summed E-state index contributed by atoms with van der Waals surface area (Å²) < 4.78 is 11.5. The van der Waals surface area contributed by atoms with Gasteiger partial charge in [-0.15, -0.1) is 0 Å². The Kier molecular flexibility index (Phi) is 5.81. The predicted octanol–water partition coefficient (Wildman–Crippen LogP) is 1.03. The molecule has 2 heterocycles. The van der Waals surface area contributed by atoms with E-state index in [9.17, 15) is 4.79 Å². The molecule has 0 bridgehead atoms. The van der Waals surface area contributed by atoms with Crippen molar-refractivity contribution in [3.05, 3.63) is 0 Å². The highest BCUT2D eigenvalue weighted by Crippen LogP contribution is 2.17. The molecule has 116 valence electrons. The highest BCUT2D eigenvalue weighted by molar-refractivity contribution is 5.78. The molecule has 5 heteroatoms. The normalized spacial score (nSPS) is 25.8. The minimum Gasteiger partial charge on any atom is -0.378 e. The smallest absolute Gasteiger partial charge is 0.220 e. The van der Waals surface area contributed by atoms with Crippen LogP contribution in [-0.2, 0) is 14.3 Å². The van der Waals surface area contributed by atoms with Gasteiger partial charge >= 0.3 is 0 Å². The van der Waals surface area contributed by atoms with E-state index in [0.29, 0.717) is 25.0 Å². The zero-order valence-corrected chi connectivity index (χ0v) is 12.9. The molecule has 2 rings (SSSR count). The number of rotatable bonds is 8. The summed E-state index contributed by atoms with van der Waals surface area (Å²) in [6.45, 7) is 11.0. The van der Waals surface area contributed by atoms with Crippen LogP contribution in [0.25, 0.3) is 0 Å². The van der Waals surface area contributed by atoms with Gasteiger partial charge in [-0.25, -0.2) is 0 Å². The predicted molar refractivity (Wildman–Crippen MR) is 77.6 cm³/mol. The van der Waals surface area contributed by atoms with Gasteiger partial charge in [0.15, 0.2) is 0 Å². The summed E-state index contributed by atoms with van der Waals surface area (Å²) in [5, 5.41) is 2.93. The SMILES string of the molecule is CC(C)OCC1CN(CC(C)OCC2CCC(=O)N2)C1. The summed E-state index contributed by atoms with van der Waals surface area (Å²) in [6, 6.07) is 0.216. The Morgan fingerprint density at radius 1 is 1.25 bits per heavy atom. The largest absolute Gasteiger partial charge is 0.378 e. The quantitative estimate of drug-likeness (QED) is 0.723. The number of hydrogen-bond acceptors (Lipinski definition) is 4. The summed E-state index contributed by atoms with van der Waals surface area (Å²) in [7, 11) is 0. The van der Waals surface area contributed by atoms with E-state index in [2.05, 4.69) is 31.0 Å². The summed E-state index contributed by atoms with van der Waals surface area (Å²) in [5.74, 6) is 0.834. The average Bonchev–Trinajstić information content (AvgIpc) is 2.75. The first-order chi connectivity index (χ1) is 9.52. The van der Waals surface area contributed by atoms with E-state index in [1.54, 1.807) is 0 Å². The number of likely N-dealkylation sites (tertiary alicyclic amines) is 1. The van der Waals surface area contributed by atoms with Gasteiger partial charge < -0.3 is 14.8 Å². The molecule has 2 atom stereocenters. The molecule has 5 nitrogen and oxygen atoms in total. The Hall–Kier alpha value is -0.650. The fraction of sp³-hybridized carbons (Fsp3) is 0.933. The zero-order chi connectivity index (χ0) is 14.5. The van der Waals surface area contributed by atoms with Gasteiger partial charge in [-0.3, -0.25) is 9.69 Å². The Balaban J connectivity index is 1.51. The third-order valence-electron chi connectivity index (χ3n) is 3.88. The van der Waals surface area contributed by atoms with Crippen LogP contribution in [0, 0.1) is 5.92 Å². The van der Waals surface area contributed by atoms with Gasteiger partial charge in [0.05, 0.1) is 31.5 Å². The van der Waals surface area contributed by atoms with Crippen molar-refractivity contribution >= 4 is 5.91 Å². The summed E-state index contributed by atoms with van der Waals surface area (Å²) in [6.07, 6.45) is 2.10. The average molecular weight is 284 g/mol. The number of carbonyl (C=O) groups excluding carboxylic acids is 1. The number of amides is 1. The van der Waals surface area contributed by atoms with Crippen LogP contribution >= 0.6 is 0 Å². The van der Waals surface area contributed by atoms with E-state index in [-0.39, 0.29) is 18.1 Å². The van der Waals surface area contributed by atoms with Crippen LogP contribution in [0.4, 0.5) is 0 Å². The molecule has 1 N–H and O–H groups in total. The zero-order valence-electron chi connectivity index (χ0n) is 12.9. The second kappa shape index (κ2) is 7.38. The molecule has 0 spiro atoms. The maximum absolute atomic E-state index is 11.1. The van der Waals surface area contributed by atoms with Gasteiger partial charge in [-0.1, -0.05) is 0 Å². The second-order valence-electron chi connectivity index (χ2n) is 6.41. The molecule has 1 amide bonds. The Labute approximate surface area is 122 Å². The van der Waals surface area contributed by atoms with Gasteiger partial charge in [0.1, 0.15) is 0 Å². The number of carbonyl (C=O) groups is 1. The van der Waals surface area contributed by atoms with E-state index in [0.717, 1.165) is 32.7 Å². The summed E-state index contributed by atoms with van der Waals surface area (Å²) >= 11 is 0. The molecule has 0 aromatic rings. The van der Waals surface area contributed by atoms with Crippen LogP contribution in [0.2, 0.25) is 0 Å². The number of hydrogen-bond donors (Lipinski definition) is 1. The van der Waals surface area contributed by atoms with Crippen molar-refractivity contribution in [1.82, 2.24) is 10.2 Å². The van der Waals surface area contributed by atoms with Crippen molar-refractivity contribution in [2.24, 2.45) is 5.92 Å². The Bertz CT molecular complexity index is 316. The van der Waals surface area contributed by atoms with Crippen LogP contribution in [0.15, 0.2) is 0 Å². The van der Waals surface area contributed by atoms with Gasteiger partial charge in [-0.05, 0) is 27.2 Å². The van der Waals surface area contributed by atoms with E-state index >= 15 is 0 Å². The Morgan fingerprint density at radius 3 is 2.60 bits per heavy atom. The van der Waals surface area contributed by atoms with Gasteiger partial charge in [0.25, 0.3) is 0 Å². The van der Waals surface area contributed by atoms with Crippen LogP contribution in [0.5, 0.6) is 0 Å². The first kappa shape index (κ1) is 15.7. The molecule has 0 radical (unpaired) electrons. The molecule has 20 heavy (non-hydrogen) atoms. The van der Waals surface area contributed by atoms with Crippen LogP contribution < -0.4 is 5.32 Å². The highest BCUT2D eigenvalue weighted by Gasteiger charge is 2.28. The van der Waals surface area contributed by atoms with Crippen molar-refractivity contribution in [3.8, 4) is 0 Å². The maximum Gasteiger partial charge on any atom is 0.220 e. The Morgan fingerprint density at radius 2 is 2.00 bits per heavy atom. The molecule has 0 aliphatic carbocycles. The van der Waals surface area contributed by atoms with E-state index in [1.165, 1.54) is 0 Å². The van der Waals surface area contributed by atoms with Crippen LogP contribution in [0.1, 0.15) is 33.6 Å². The fourth-order valence-corrected chi connectivity index (χ4v) is 2.76. The van der Waals surface area contributed by atoms with Gasteiger partial charge in [-0.2, -0.15) is 0 Å². The topological polar surface area (TPSA) is 50.8 Å². The lowest BCUT2D eigenvalue weighted by molar-refractivity contribution is -0.119. The third-order valence-corrected chi connectivity index (χ3v) is 3.88. The van der Waals surface area contributed by atoms with Crippen LogP contribution in [-0.4, -0.2) is 61.9 Å². The molecule has 0 aromatic carbocycles. The number of nitrogens with one attached hydrogen (secondary N) is 1. The number of ether oxygens (including phenoxy) is 2. The molecule has 0 saturated carbocycles. The second-order valence-corrected chi connectivity index (χ2v) is 6.41. The first-order valence-electron chi connectivity index (χ1n) is 7.78. The summed E-state index contributed by atoms with van der Waals surface area (Å²) in [4.78, 5) is 13.5. The minimum atomic E-state index is 0.155. The lowest BCUT2D eigenvalue weighted by Crippen LogP contribution is -2.51. The van der Waals surface area contributed by atoms with Gasteiger partial charge in [0.2, 0.25) is 5.91 Å². The number of nitrogens with zero attached hydrogens (tertiary/aromatic N) is 1. The van der Waals surface area contributed by atoms with E-state index < -0.39 is 0 Å². The minimum absolute atomic E-state index is 0.155. The molecule has 2 fully saturated rings. The lowest BCUT2D eigenvalue weighted by Gasteiger charge is -2.40.